The molecule has 0 heterocycles. The minimum atomic E-state index is 0.0864. The third-order valence-electron chi connectivity index (χ3n) is 2.55. The molecule has 0 aliphatic heterocycles. The number of hydrogen-bond donors (Lipinski definition) is 1. The van der Waals surface area contributed by atoms with Crippen molar-refractivity contribution < 1.29 is 4.74 Å². The van der Waals surface area contributed by atoms with Crippen LogP contribution < -0.4 is 10.1 Å². The van der Waals surface area contributed by atoms with Crippen LogP contribution in [0.15, 0.2) is 22.7 Å². The van der Waals surface area contributed by atoms with Crippen LogP contribution in [0.5, 0.6) is 5.75 Å². The molecule has 0 unspecified atom stereocenters. The van der Waals surface area contributed by atoms with E-state index in [0.717, 1.165) is 35.2 Å². The molecule has 0 aliphatic carbocycles. The Labute approximate surface area is 125 Å². The molecule has 0 spiro atoms. The van der Waals surface area contributed by atoms with Crippen LogP contribution in [0.4, 0.5) is 0 Å². The van der Waals surface area contributed by atoms with Gasteiger partial charge in [0, 0.05) is 28.5 Å². The van der Waals surface area contributed by atoms with Crippen molar-refractivity contribution in [3.63, 3.8) is 0 Å². The highest BCUT2D eigenvalue weighted by Gasteiger charge is 2.11. The molecule has 0 saturated heterocycles. The molecule has 0 atom stereocenters. The van der Waals surface area contributed by atoms with Gasteiger partial charge in [-0.25, -0.2) is 0 Å². The van der Waals surface area contributed by atoms with Gasteiger partial charge in [-0.1, -0.05) is 15.9 Å². The Bertz CT molecular complexity index is 443. The maximum Gasteiger partial charge on any atom is 0.123 e. The minimum Gasteiger partial charge on any atom is -0.493 e. The largest absolute Gasteiger partial charge is 0.493 e. The summed E-state index contributed by atoms with van der Waals surface area (Å²) in [5, 5.41) is 3.47. The van der Waals surface area contributed by atoms with E-state index in [-0.39, 0.29) is 5.54 Å². The molecule has 1 rings (SSSR count). The van der Waals surface area contributed by atoms with E-state index in [9.17, 15) is 0 Å². The van der Waals surface area contributed by atoms with E-state index < -0.39 is 0 Å². The van der Waals surface area contributed by atoms with Crippen LogP contribution in [0, 0.1) is 12.3 Å². The molecule has 19 heavy (non-hydrogen) atoms. The number of hydrogen-bond acceptors (Lipinski definition) is 2. The molecule has 0 amide bonds. The van der Waals surface area contributed by atoms with Crippen LogP contribution in [-0.4, -0.2) is 12.1 Å². The number of rotatable bonds is 6. The Kier molecular flexibility index (Phi) is 6.41. The van der Waals surface area contributed by atoms with E-state index >= 15 is 0 Å². The second-order valence-corrected chi connectivity index (χ2v) is 6.43. The van der Waals surface area contributed by atoms with Gasteiger partial charge in [0.15, 0.2) is 0 Å². The second-order valence-electron chi connectivity index (χ2n) is 5.51. The van der Waals surface area contributed by atoms with Crippen molar-refractivity contribution >= 4 is 15.9 Å². The predicted molar refractivity (Wildman–Crippen MR) is 84.3 cm³/mol. The molecular weight excluding hydrogens is 302 g/mol. The molecule has 0 radical (unpaired) electrons. The first-order valence-electron chi connectivity index (χ1n) is 6.52. The lowest BCUT2D eigenvalue weighted by atomic mass is 10.1. The zero-order valence-corrected chi connectivity index (χ0v) is 13.5. The predicted octanol–water partition coefficient (Wildman–Crippen LogP) is 4.13. The summed E-state index contributed by atoms with van der Waals surface area (Å²) in [6, 6.07) is 6.09. The lowest BCUT2D eigenvalue weighted by molar-refractivity contribution is 0.307. The van der Waals surface area contributed by atoms with Crippen LogP contribution >= 0.6 is 15.9 Å². The van der Waals surface area contributed by atoms with Crippen molar-refractivity contribution in [2.75, 3.05) is 6.61 Å². The fourth-order valence-corrected chi connectivity index (χ4v) is 1.95. The average Bonchev–Trinajstić information content (AvgIpc) is 2.33. The number of nitrogens with one attached hydrogen (secondary N) is 1. The zero-order valence-electron chi connectivity index (χ0n) is 11.9. The smallest absolute Gasteiger partial charge is 0.123 e. The molecule has 0 aromatic heterocycles. The van der Waals surface area contributed by atoms with Crippen molar-refractivity contribution in [1.29, 1.82) is 0 Å². The zero-order chi connectivity index (χ0) is 14.3. The Morgan fingerprint density at radius 3 is 2.74 bits per heavy atom. The van der Waals surface area contributed by atoms with Crippen molar-refractivity contribution in [2.45, 2.75) is 45.7 Å². The Morgan fingerprint density at radius 2 is 2.11 bits per heavy atom. The van der Waals surface area contributed by atoms with Crippen LogP contribution in [0.2, 0.25) is 0 Å². The van der Waals surface area contributed by atoms with Crippen molar-refractivity contribution in [2.24, 2.45) is 0 Å². The van der Waals surface area contributed by atoms with Gasteiger partial charge in [-0.3, -0.25) is 0 Å². The van der Waals surface area contributed by atoms with Crippen molar-refractivity contribution in [1.82, 2.24) is 5.32 Å². The van der Waals surface area contributed by atoms with Gasteiger partial charge in [0.2, 0.25) is 0 Å². The Hall–Kier alpha value is -0.980. The highest BCUT2D eigenvalue weighted by atomic mass is 79.9. The molecule has 1 aromatic carbocycles. The second kappa shape index (κ2) is 7.57. The number of halogens is 1. The van der Waals surface area contributed by atoms with E-state index in [1.165, 1.54) is 0 Å². The molecule has 1 aromatic rings. The first-order valence-corrected chi connectivity index (χ1v) is 7.31. The molecule has 2 nitrogen and oxygen atoms in total. The summed E-state index contributed by atoms with van der Waals surface area (Å²) in [6.07, 6.45) is 6.88. The summed E-state index contributed by atoms with van der Waals surface area (Å²) in [5.41, 5.74) is 1.24. The van der Waals surface area contributed by atoms with Crippen LogP contribution in [-0.2, 0) is 6.54 Å². The van der Waals surface area contributed by atoms with Crippen LogP contribution in [0.1, 0.15) is 39.2 Å². The fourth-order valence-electron chi connectivity index (χ4n) is 1.54. The van der Waals surface area contributed by atoms with Gasteiger partial charge >= 0.3 is 0 Å². The van der Waals surface area contributed by atoms with E-state index in [1.807, 2.05) is 12.1 Å². The molecule has 1 N–H and O–H groups in total. The molecule has 0 fully saturated rings. The van der Waals surface area contributed by atoms with E-state index in [4.69, 9.17) is 11.2 Å². The Balaban J connectivity index is 2.66. The summed E-state index contributed by atoms with van der Waals surface area (Å²) in [7, 11) is 0. The van der Waals surface area contributed by atoms with Gasteiger partial charge in [-0.05, 0) is 45.4 Å². The lowest BCUT2D eigenvalue weighted by Crippen LogP contribution is -2.35. The van der Waals surface area contributed by atoms with Crippen molar-refractivity contribution in [3.8, 4) is 18.1 Å². The van der Waals surface area contributed by atoms with Gasteiger partial charge in [-0.15, -0.1) is 12.3 Å². The fraction of sp³-hybridized carbons (Fsp3) is 0.500. The highest BCUT2D eigenvalue weighted by Crippen LogP contribution is 2.24. The molecular formula is C16H22BrNO. The number of benzene rings is 1. The average molecular weight is 324 g/mol. The first-order chi connectivity index (χ1) is 8.92. The van der Waals surface area contributed by atoms with Crippen LogP contribution in [0.3, 0.4) is 0 Å². The lowest BCUT2D eigenvalue weighted by Gasteiger charge is -2.22. The molecule has 104 valence electrons. The third kappa shape index (κ3) is 6.66. The minimum absolute atomic E-state index is 0.0864. The summed E-state index contributed by atoms with van der Waals surface area (Å²) < 4.78 is 6.87. The van der Waals surface area contributed by atoms with Crippen molar-refractivity contribution in [3.05, 3.63) is 28.2 Å². The molecule has 0 aliphatic rings. The van der Waals surface area contributed by atoms with Gasteiger partial charge in [0.1, 0.15) is 5.75 Å². The van der Waals surface area contributed by atoms with Crippen LogP contribution in [0.25, 0.3) is 0 Å². The monoisotopic (exact) mass is 323 g/mol. The third-order valence-corrected chi connectivity index (χ3v) is 3.05. The molecule has 3 heteroatoms. The summed E-state index contributed by atoms with van der Waals surface area (Å²) in [6.45, 7) is 7.90. The topological polar surface area (TPSA) is 21.3 Å². The molecule has 0 saturated carbocycles. The van der Waals surface area contributed by atoms with E-state index in [0.29, 0.717) is 6.61 Å². The number of terminal acetylenes is 1. The number of unbranched alkanes of at least 4 members (excludes halogenated alkanes) is 1. The van der Waals surface area contributed by atoms with Gasteiger partial charge in [0.25, 0.3) is 0 Å². The van der Waals surface area contributed by atoms with E-state index in [1.54, 1.807) is 0 Å². The standard InChI is InChI=1S/C16H22BrNO/c1-5-6-7-10-19-15-9-8-14(17)11-13(15)12-18-16(2,3)4/h1,8-9,11,18H,6-7,10,12H2,2-4H3. The van der Waals surface area contributed by atoms with Gasteiger partial charge < -0.3 is 10.1 Å². The summed E-state index contributed by atoms with van der Waals surface area (Å²) >= 11 is 3.50. The quantitative estimate of drug-likeness (QED) is 0.627. The highest BCUT2D eigenvalue weighted by molar-refractivity contribution is 9.10. The maximum atomic E-state index is 5.80. The summed E-state index contributed by atoms with van der Waals surface area (Å²) in [5.74, 6) is 3.55. The number of ether oxygens (including phenoxy) is 1. The maximum absolute atomic E-state index is 5.80. The Morgan fingerprint density at radius 1 is 1.37 bits per heavy atom. The van der Waals surface area contributed by atoms with Gasteiger partial charge in [0.05, 0.1) is 6.61 Å². The normalized spacial score (nSPS) is 11.1. The molecule has 0 bridgehead atoms. The first kappa shape index (κ1) is 16.1. The van der Waals surface area contributed by atoms with E-state index in [2.05, 4.69) is 54.0 Å². The SMILES string of the molecule is C#CCCCOc1ccc(Br)cc1CNC(C)(C)C. The summed E-state index contributed by atoms with van der Waals surface area (Å²) in [4.78, 5) is 0. The van der Waals surface area contributed by atoms with Gasteiger partial charge in [-0.2, -0.15) is 0 Å².